The molecule has 0 fully saturated rings. The SMILES string of the molecule is N#CCSCC(=O)NS(=O)(=O)Cc1ccc(Cl)nc1. The van der Waals surface area contributed by atoms with Crippen LogP contribution in [-0.2, 0) is 20.6 Å². The predicted molar refractivity (Wildman–Crippen MR) is 73.0 cm³/mol. The number of thioether (sulfide) groups is 1. The first-order chi connectivity index (χ1) is 8.93. The number of hydrogen-bond donors (Lipinski definition) is 1. The molecule has 0 saturated carbocycles. The van der Waals surface area contributed by atoms with Gasteiger partial charge in [0.05, 0.1) is 23.3 Å². The van der Waals surface area contributed by atoms with E-state index in [1.165, 1.54) is 18.3 Å². The quantitative estimate of drug-likeness (QED) is 0.618. The summed E-state index contributed by atoms with van der Waals surface area (Å²) in [5, 5.41) is 8.55. The van der Waals surface area contributed by atoms with E-state index in [4.69, 9.17) is 16.9 Å². The first-order valence-electron chi connectivity index (χ1n) is 5.01. The number of halogens is 1. The van der Waals surface area contributed by atoms with Crippen LogP contribution in [0.3, 0.4) is 0 Å². The molecule has 0 atom stereocenters. The van der Waals surface area contributed by atoms with Gasteiger partial charge in [0.2, 0.25) is 15.9 Å². The maximum Gasteiger partial charge on any atom is 0.243 e. The van der Waals surface area contributed by atoms with Gasteiger partial charge in [0.15, 0.2) is 0 Å². The van der Waals surface area contributed by atoms with Crippen molar-refractivity contribution in [3.05, 3.63) is 29.0 Å². The highest BCUT2D eigenvalue weighted by Gasteiger charge is 2.15. The standard InChI is InChI=1S/C10H10ClN3O3S2/c11-9-2-1-8(5-13-9)7-19(16,17)14-10(15)6-18-4-3-12/h1-2,5H,4,6-7H2,(H,14,15). The average Bonchev–Trinajstić information content (AvgIpc) is 2.31. The maximum atomic E-state index is 11.7. The second-order valence-corrected chi connectivity index (χ2v) is 6.52. The number of sulfonamides is 1. The predicted octanol–water partition coefficient (Wildman–Crippen LogP) is 0.938. The van der Waals surface area contributed by atoms with Crippen LogP contribution in [0.4, 0.5) is 0 Å². The number of amides is 1. The molecule has 0 aliphatic heterocycles. The van der Waals surface area contributed by atoms with Crippen LogP contribution in [-0.4, -0.2) is 30.8 Å². The minimum Gasteiger partial charge on any atom is -0.273 e. The Balaban J connectivity index is 2.54. The van der Waals surface area contributed by atoms with E-state index < -0.39 is 15.9 Å². The molecule has 1 rings (SSSR count). The van der Waals surface area contributed by atoms with Crippen molar-refractivity contribution in [3.63, 3.8) is 0 Å². The van der Waals surface area contributed by atoms with Crippen molar-refractivity contribution in [1.29, 1.82) is 5.26 Å². The lowest BCUT2D eigenvalue weighted by molar-refractivity contribution is -0.116. The van der Waals surface area contributed by atoms with Gasteiger partial charge in [0.1, 0.15) is 5.15 Å². The summed E-state index contributed by atoms with van der Waals surface area (Å²) < 4.78 is 25.2. The number of nitrogens with one attached hydrogen (secondary N) is 1. The van der Waals surface area contributed by atoms with Crippen LogP contribution in [0.1, 0.15) is 5.56 Å². The van der Waals surface area contributed by atoms with E-state index in [0.717, 1.165) is 11.8 Å². The zero-order chi connectivity index (χ0) is 14.3. The molecule has 9 heteroatoms. The van der Waals surface area contributed by atoms with Crippen molar-refractivity contribution >= 4 is 39.3 Å². The number of pyridine rings is 1. The van der Waals surface area contributed by atoms with E-state index in [9.17, 15) is 13.2 Å². The van der Waals surface area contributed by atoms with Crippen LogP contribution < -0.4 is 4.72 Å². The van der Waals surface area contributed by atoms with Crippen molar-refractivity contribution in [1.82, 2.24) is 9.71 Å². The Hall–Kier alpha value is -1.30. The van der Waals surface area contributed by atoms with Crippen molar-refractivity contribution in [3.8, 4) is 6.07 Å². The Bertz CT molecular complexity index is 581. The number of aromatic nitrogens is 1. The summed E-state index contributed by atoms with van der Waals surface area (Å²) >= 11 is 6.62. The fraction of sp³-hybridized carbons (Fsp3) is 0.300. The molecule has 0 bridgehead atoms. The third kappa shape index (κ3) is 6.42. The van der Waals surface area contributed by atoms with Crippen LogP contribution >= 0.6 is 23.4 Å². The van der Waals surface area contributed by atoms with E-state index in [1.807, 2.05) is 10.8 Å². The highest BCUT2D eigenvalue weighted by atomic mass is 35.5. The molecule has 0 aliphatic carbocycles. The van der Waals surface area contributed by atoms with Gasteiger partial charge in [0, 0.05) is 6.20 Å². The van der Waals surface area contributed by atoms with E-state index in [-0.39, 0.29) is 22.4 Å². The minimum absolute atomic E-state index is 0.0777. The molecule has 6 nitrogen and oxygen atoms in total. The highest BCUT2D eigenvalue weighted by Crippen LogP contribution is 2.08. The Morgan fingerprint density at radius 2 is 2.26 bits per heavy atom. The Morgan fingerprint density at radius 3 is 2.84 bits per heavy atom. The van der Waals surface area contributed by atoms with Gasteiger partial charge in [-0.1, -0.05) is 17.7 Å². The van der Waals surface area contributed by atoms with Crippen molar-refractivity contribution in [2.75, 3.05) is 11.5 Å². The van der Waals surface area contributed by atoms with Gasteiger partial charge in [-0.2, -0.15) is 5.26 Å². The third-order valence-electron chi connectivity index (χ3n) is 1.81. The fourth-order valence-electron chi connectivity index (χ4n) is 1.14. The molecule has 0 saturated heterocycles. The normalized spacial score (nSPS) is 10.7. The van der Waals surface area contributed by atoms with Gasteiger partial charge >= 0.3 is 0 Å². The summed E-state index contributed by atoms with van der Waals surface area (Å²) in [7, 11) is -3.76. The van der Waals surface area contributed by atoms with Crippen LogP contribution in [0.2, 0.25) is 5.15 Å². The lowest BCUT2D eigenvalue weighted by atomic mass is 10.3. The van der Waals surface area contributed by atoms with E-state index in [2.05, 4.69) is 4.98 Å². The molecule has 1 aromatic heterocycles. The third-order valence-corrected chi connectivity index (χ3v) is 4.09. The summed E-state index contributed by atoms with van der Waals surface area (Å²) in [5.41, 5.74) is 0.425. The molecule has 0 aromatic carbocycles. The minimum atomic E-state index is -3.76. The monoisotopic (exact) mass is 319 g/mol. The number of hydrogen-bond acceptors (Lipinski definition) is 6. The van der Waals surface area contributed by atoms with Crippen LogP contribution in [0.15, 0.2) is 18.3 Å². The summed E-state index contributed by atoms with van der Waals surface area (Å²) in [6, 6.07) is 4.83. The first-order valence-corrected chi connectivity index (χ1v) is 8.20. The van der Waals surface area contributed by atoms with E-state index >= 15 is 0 Å². The first kappa shape index (κ1) is 15.8. The maximum absolute atomic E-state index is 11.7. The number of carbonyl (C=O) groups is 1. The molecule has 19 heavy (non-hydrogen) atoms. The van der Waals surface area contributed by atoms with Crippen LogP contribution in [0, 0.1) is 11.3 Å². The largest absolute Gasteiger partial charge is 0.273 e. The molecule has 0 unspecified atom stereocenters. The molecular weight excluding hydrogens is 310 g/mol. The molecule has 1 heterocycles. The molecule has 1 amide bonds. The lowest BCUT2D eigenvalue weighted by Crippen LogP contribution is -2.33. The molecule has 1 aromatic rings. The fourth-order valence-corrected chi connectivity index (χ4v) is 2.89. The van der Waals surface area contributed by atoms with Crippen molar-refractivity contribution in [2.24, 2.45) is 0 Å². The Labute approximate surface area is 120 Å². The molecular formula is C10H10ClN3O3S2. The van der Waals surface area contributed by atoms with Gasteiger partial charge < -0.3 is 0 Å². The van der Waals surface area contributed by atoms with E-state index in [0.29, 0.717) is 5.56 Å². The average molecular weight is 320 g/mol. The molecule has 102 valence electrons. The molecule has 1 N–H and O–H groups in total. The number of nitrogens with zero attached hydrogens (tertiary/aromatic N) is 2. The molecule has 0 spiro atoms. The van der Waals surface area contributed by atoms with Crippen molar-refractivity contribution < 1.29 is 13.2 Å². The van der Waals surface area contributed by atoms with Crippen LogP contribution in [0.5, 0.6) is 0 Å². The second kappa shape index (κ2) is 7.33. The van der Waals surface area contributed by atoms with Gasteiger partial charge in [-0.15, -0.1) is 11.8 Å². The Morgan fingerprint density at radius 1 is 1.53 bits per heavy atom. The zero-order valence-electron chi connectivity index (χ0n) is 9.67. The van der Waals surface area contributed by atoms with Gasteiger partial charge in [0.25, 0.3) is 0 Å². The summed E-state index contributed by atoms with van der Waals surface area (Å²) in [5.74, 6) is -0.950. The number of carbonyl (C=O) groups excluding carboxylic acids is 1. The summed E-state index contributed by atoms with van der Waals surface area (Å²) in [6.45, 7) is 0. The topological polar surface area (TPSA) is 99.9 Å². The summed E-state index contributed by atoms with van der Waals surface area (Å²) in [6.07, 6.45) is 1.33. The smallest absolute Gasteiger partial charge is 0.243 e. The zero-order valence-corrected chi connectivity index (χ0v) is 12.1. The lowest BCUT2D eigenvalue weighted by Gasteiger charge is -2.06. The number of rotatable bonds is 6. The van der Waals surface area contributed by atoms with Gasteiger partial charge in [-0.3, -0.25) is 9.52 Å². The van der Waals surface area contributed by atoms with Gasteiger partial charge in [-0.25, -0.2) is 13.4 Å². The molecule has 0 aliphatic rings. The van der Waals surface area contributed by atoms with Crippen LogP contribution in [0.25, 0.3) is 0 Å². The second-order valence-electron chi connectivity index (χ2n) is 3.42. The summed E-state index contributed by atoms with van der Waals surface area (Å²) in [4.78, 5) is 15.1. The van der Waals surface area contributed by atoms with Crippen molar-refractivity contribution in [2.45, 2.75) is 5.75 Å². The Kier molecular flexibility index (Phi) is 6.08. The van der Waals surface area contributed by atoms with Gasteiger partial charge in [-0.05, 0) is 11.6 Å². The molecule has 0 radical (unpaired) electrons. The highest BCUT2D eigenvalue weighted by molar-refractivity contribution is 8.00. The number of nitriles is 1. The van der Waals surface area contributed by atoms with E-state index in [1.54, 1.807) is 0 Å².